The van der Waals surface area contributed by atoms with E-state index in [2.05, 4.69) is 10.4 Å². The van der Waals surface area contributed by atoms with Crippen molar-refractivity contribution in [3.63, 3.8) is 0 Å². The fraction of sp³-hybridized carbons (Fsp3) is 0.474. The van der Waals surface area contributed by atoms with Gasteiger partial charge in [-0.05, 0) is 25.3 Å². The van der Waals surface area contributed by atoms with Crippen LogP contribution >= 0.6 is 0 Å². The number of carbonyl (C=O) groups excluding carboxylic acids is 2. The first-order valence-electron chi connectivity index (χ1n) is 8.81. The summed E-state index contributed by atoms with van der Waals surface area (Å²) in [5.74, 6) is -0.818. The number of ether oxygens (including phenoxy) is 1. The van der Waals surface area contributed by atoms with Crippen molar-refractivity contribution in [2.24, 2.45) is 5.92 Å². The minimum absolute atomic E-state index is 0.0217. The maximum absolute atomic E-state index is 12.5. The Balaban J connectivity index is 2.23. The van der Waals surface area contributed by atoms with E-state index in [1.165, 1.54) is 4.68 Å². The van der Waals surface area contributed by atoms with Crippen LogP contribution in [0, 0.1) is 5.92 Å². The molecule has 0 aliphatic heterocycles. The fourth-order valence-electron chi connectivity index (χ4n) is 2.41. The van der Waals surface area contributed by atoms with Crippen LogP contribution in [0.25, 0.3) is 10.8 Å². The zero-order valence-corrected chi connectivity index (χ0v) is 15.6. The van der Waals surface area contributed by atoms with Crippen molar-refractivity contribution < 1.29 is 14.3 Å². The Kier molecular flexibility index (Phi) is 6.49. The average molecular weight is 359 g/mol. The van der Waals surface area contributed by atoms with Crippen LogP contribution in [0.4, 0.5) is 0 Å². The van der Waals surface area contributed by atoms with Gasteiger partial charge in [0.1, 0.15) is 0 Å². The molecule has 0 fully saturated rings. The Morgan fingerprint density at radius 2 is 1.85 bits per heavy atom. The highest BCUT2D eigenvalue weighted by Gasteiger charge is 2.19. The average Bonchev–Trinajstić information content (AvgIpc) is 2.62. The van der Waals surface area contributed by atoms with Gasteiger partial charge in [0, 0.05) is 18.0 Å². The van der Waals surface area contributed by atoms with Crippen molar-refractivity contribution in [1.29, 1.82) is 0 Å². The molecule has 0 aliphatic rings. The van der Waals surface area contributed by atoms with Crippen LogP contribution in [0.1, 0.15) is 44.6 Å². The molecule has 1 aromatic carbocycles. The molecule has 1 atom stereocenters. The summed E-state index contributed by atoms with van der Waals surface area (Å²) in [6.07, 6.45) is 0.704. The number of amides is 1. The molecule has 0 spiro atoms. The molecule has 7 nitrogen and oxygen atoms in total. The molecule has 1 heterocycles. The third kappa shape index (κ3) is 4.47. The largest absolute Gasteiger partial charge is 0.451 e. The van der Waals surface area contributed by atoms with Gasteiger partial charge >= 0.3 is 5.97 Å². The van der Waals surface area contributed by atoms with Gasteiger partial charge in [-0.25, -0.2) is 9.48 Å². The molecule has 2 rings (SSSR count). The Morgan fingerprint density at radius 3 is 2.46 bits per heavy atom. The van der Waals surface area contributed by atoms with E-state index in [4.69, 9.17) is 4.74 Å². The van der Waals surface area contributed by atoms with Crippen molar-refractivity contribution in [1.82, 2.24) is 15.1 Å². The first kappa shape index (κ1) is 19.6. The number of carbonyl (C=O) groups is 2. The first-order valence-corrected chi connectivity index (χ1v) is 8.81. The summed E-state index contributed by atoms with van der Waals surface area (Å²) in [5.41, 5.74) is -0.208. The Morgan fingerprint density at radius 1 is 1.19 bits per heavy atom. The van der Waals surface area contributed by atoms with Gasteiger partial charge in [-0.15, -0.1) is 0 Å². The molecule has 0 radical (unpaired) electrons. The van der Waals surface area contributed by atoms with Crippen LogP contribution < -0.4 is 10.9 Å². The zero-order chi connectivity index (χ0) is 19.3. The van der Waals surface area contributed by atoms with Gasteiger partial charge in [0.25, 0.3) is 11.5 Å². The standard InChI is InChI=1S/C19H25N3O4/c1-5-10-22-18(24)15-9-7-6-8-14(15)17(21-22)19(25)26-11-16(23)20-13(4)12(2)3/h6-9,12-13H,5,10-11H2,1-4H3,(H,20,23)/t13-/m0/s1. The number of fused-ring (bicyclic) bond motifs is 1. The van der Waals surface area contributed by atoms with Crippen molar-refractivity contribution >= 4 is 22.6 Å². The summed E-state index contributed by atoms with van der Waals surface area (Å²) in [4.78, 5) is 36.8. The fourth-order valence-corrected chi connectivity index (χ4v) is 2.41. The van der Waals surface area contributed by atoms with Crippen LogP contribution in [-0.4, -0.2) is 34.3 Å². The molecule has 26 heavy (non-hydrogen) atoms. The highest BCUT2D eigenvalue weighted by Crippen LogP contribution is 2.14. The van der Waals surface area contributed by atoms with Gasteiger partial charge in [0.2, 0.25) is 0 Å². The predicted molar refractivity (Wildman–Crippen MR) is 99.0 cm³/mol. The van der Waals surface area contributed by atoms with Crippen LogP contribution in [-0.2, 0) is 16.1 Å². The van der Waals surface area contributed by atoms with Crippen LogP contribution in [0.3, 0.4) is 0 Å². The summed E-state index contributed by atoms with van der Waals surface area (Å²) in [5, 5.41) is 7.75. The van der Waals surface area contributed by atoms with Crippen molar-refractivity contribution in [3.05, 3.63) is 40.3 Å². The molecule has 1 amide bonds. The van der Waals surface area contributed by atoms with Gasteiger partial charge in [-0.3, -0.25) is 9.59 Å². The topological polar surface area (TPSA) is 90.3 Å². The maximum atomic E-state index is 12.5. The lowest BCUT2D eigenvalue weighted by Crippen LogP contribution is -2.38. The van der Waals surface area contributed by atoms with Gasteiger partial charge in [-0.1, -0.05) is 39.0 Å². The number of aryl methyl sites for hydroxylation is 1. The number of esters is 1. The van der Waals surface area contributed by atoms with E-state index >= 15 is 0 Å². The number of nitrogens with one attached hydrogen (secondary N) is 1. The summed E-state index contributed by atoms with van der Waals surface area (Å²) in [6, 6.07) is 6.74. The van der Waals surface area contributed by atoms with Gasteiger partial charge < -0.3 is 10.1 Å². The number of aromatic nitrogens is 2. The van der Waals surface area contributed by atoms with Gasteiger partial charge in [0.05, 0.1) is 5.39 Å². The second-order valence-corrected chi connectivity index (χ2v) is 6.60. The molecule has 140 valence electrons. The molecule has 0 aliphatic carbocycles. The summed E-state index contributed by atoms with van der Waals surface area (Å²) in [7, 11) is 0. The van der Waals surface area contributed by atoms with E-state index in [1.807, 2.05) is 27.7 Å². The number of nitrogens with zero attached hydrogens (tertiary/aromatic N) is 2. The minimum Gasteiger partial charge on any atom is -0.451 e. The van der Waals surface area contributed by atoms with Crippen molar-refractivity contribution in [2.75, 3.05) is 6.61 Å². The van der Waals surface area contributed by atoms with Gasteiger partial charge in [0.15, 0.2) is 12.3 Å². The number of hydrogen-bond donors (Lipinski definition) is 1. The second kappa shape index (κ2) is 8.60. The molecule has 0 unspecified atom stereocenters. The van der Waals surface area contributed by atoms with E-state index in [1.54, 1.807) is 24.3 Å². The van der Waals surface area contributed by atoms with Crippen LogP contribution in [0.5, 0.6) is 0 Å². The molecule has 2 aromatic rings. The highest BCUT2D eigenvalue weighted by molar-refractivity contribution is 6.02. The summed E-state index contributed by atoms with van der Waals surface area (Å²) < 4.78 is 6.39. The maximum Gasteiger partial charge on any atom is 0.359 e. The molecule has 1 aromatic heterocycles. The monoisotopic (exact) mass is 359 g/mol. The lowest BCUT2D eigenvalue weighted by Gasteiger charge is -2.17. The van der Waals surface area contributed by atoms with Crippen molar-refractivity contribution in [2.45, 2.75) is 46.7 Å². The van der Waals surface area contributed by atoms with Gasteiger partial charge in [-0.2, -0.15) is 5.10 Å². The Labute approximate surface area is 152 Å². The minimum atomic E-state index is -0.724. The number of benzene rings is 1. The Hall–Kier alpha value is -2.70. The third-order valence-electron chi connectivity index (χ3n) is 4.22. The van der Waals surface area contributed by atoms with Crippen molar-refractivity contribution in [3.8, 4) is 0 Å². The van der Waals surface area contributed by atoms with Crippen LogP contribution in [0.15, 0.2) is 29.1 Å². The lowest BCUT2D eigenvalue weighted by atomic mass is 10.1. The van der Waals surface area contributed by atoms with E-state index in [9.17, 15) is 14.4 Å². The highest BCUT2D eigenvalue weighted by atomic mass is 16.5. The number of hydrogen-bond acceptors (Lipinski definition) is 5. The first-order chi connectivity index (χ1) is 12.3. The SMILES string of the molecule is CCCn1nc(C(=O)OCC(=O)N[C@@H](C)C(C)C)c2ccccc2c1=O. The quantitative estimate of drug-likeness (QED) is 0.765. The third-order valence-corrected chi connectivity index (χ3v) is 4.22. The predicted octanol–water partition coefficient (Wildman–Crippen LogP) is 2.12. The number of rotatable bonds is 7. The van der Waals surface area contributed by atoms with E-state index in [0.717, 1.165) is 0 Å². The molecule has 7 heteroatoms. The molecule has 1 N–H and O–H groups in total. The molecular weight excluding hydrogens is 334 g/mol. The van der Waals surface area contributed by atoms with E-state index in [-0.39, 0.29) is 29.1 Å². The summed E-state index contributed by atoms with van der Waals surface area (Å²) in [6.45, 7) is 7.80. The Bertz CT molecular complexity index is 857. The molecule has 0 saturated carbocycles. The zero-order valence-electron chi connectivity index (χ0n) is 15.6. The lowest BCUT2D eigenvalue weighted by molar-refractivity contribution is -0.125. The molecular formula is C19H25N3O4. The second-order valence-electron chi connectivity index (χ2n) is 6.60. The van der Waals surface area contributed by atoms with Crippen LogP contribution in [0.2, 0.25) is 0 Å². The normalized spacial score (nSPS) is 12.2. The van der Waals surface area contributed by atoms with E-state index in [0.29, 0.717) is 23.7 Å². The van der Waals surface area contributed by atoms with E-state index < -0.39 is 12.6 Å². The molecule has 0 saturated heterocycles. The summed E-state index contributed by atoms with van der Waals surface area (Å²) >= 11 is 0. The smallest absolute Gasteiger partial charge is 0.359 e. The molecule has 0 bridgehead atoms.